The first-order chi connectivity index (χ1) is 10.9. The minimum atomic E-state index is -4.42. The van der Waals surface area contributed by atoms with Gasteiger partial charge in [-0.15, -0.1) is 0 Å². The van der Waals surface area contributed by atoms with Crippen molar-refractivity contribution in [2.75, 3.05) is 41.7 Å². The third kappa shape index (κ3) is 3.27. The number of anilines is 3. The van der Waals surface area contributed by atoms with Gasteiger partial charge in [-0.1, -0.05) is 0 Å². The van der Waals surface area contributed by atoms with Crippen LogP contribution in [0.2, 0.25) is 0 Å². The normalized spacial score (nSPS) is 15.8. The van der Waals surface area contributed by atoms with Crippen LogP contribution in [0.3, 0.4) is 0 Å². The van der Waals surface area contributed by atoms with E-state index < -0.39 is 11.7 Å². The lowest BCUT2D eigenvalue weighted by atomic mass is 10.2. The molecule has 122 valence electrons. The summed E-state index contributed by atoms with van der Waals surface area (Å²) >= 11 is 0. The molecule has 0 amide bonds. The van der Waals surface area contributed by atoms with Gasteiger partial charge < -0.3 is 15.5 Å². The van der Waals surface area contributed by atoms with E-state index >= 15 is 0 Å². The van der Waals surface area contributed by atoms with Crippen molar-refractivity contribution in [3.8, 4) is 0 Å². The number of nitrogens with two attached hydrogens (primary N) is 1. The third-order valence-electron chi connectivity index (χ3n) is 3.62. The minimum Gasteiger partial charge on any atom is -0.384 e. The molecular weight excluding hydrogens is 309 g/mol. The van der Waals surface area contributed by atoms with Gasteiger partial charge >= 0.3 is 6.18 Å². The van der Waals surface area contributed by atoms with E-state index in [4.69, 9.17) is 5.73 Å². The highest BCUT2D eigenvalue weighted by molar-refractivity contribution is 5.50. The maximum Gasteiger partial charge on any atom is 0.419 e. The molecule has 6 nitrogen and oxygen atoms in total. The van der Waals surface area contributed by atoms with Gasteiger partial charge in [0.05, 0.1) is 5.56 Å². The van der Waals surface area contributed by atoms with E-state index in [1.807, 2.05) is 4.90 Å². The molecule has 0 atom stereocenters. The summed E-state index contributed by atoms with van der Waals surface area (Å²) in [5.74, 6) is 0.816. The van der Waals surface area contributed by atoms with Gasteiger partial charge in [0, 0.05) is 38.6 Å². The molecule has 0 unspecified atom stereocenters. The molecule has 0 aliphatic carbocycles. The molecule has 1 aliphatic rings. The molecular formula is C14H15F3N6. The summed E-state index contributed by atoms with van der Waals surface area (Å²) in [5, 5.41) is 0. The Morgan fingerprint density at radius 1 is 0.957 bits per heavy atom. The maximum atomic E-state index is 13.1. The van der Waals surface area contributed by atoms with Crippen LogP contribution in [0.4, 0.5) is 30.8 Å². The quantitative estimate of drug-likeness (QED) is 0.908. The molecule has 1 aliphatic heterocycles. The highest BCUT2D eigenvalue weighted by atomic mass is 19.4. The standard InChI is InChI=1S/C14H15F3N6/c15-14(16,17)10-2-1-4-19-12(10)22-6-8-23(9-7-22)13-20-5-3-11(18)21-13/h1-5H,6-9H2,(H2,18,20,21). The number of pyridine rings is 1. The molecule has 2 aromatic heterocycles. The van der Waals surface area contributed by atoms with Gasteiger partial charge in [-0.3, -0.25) is 0 Å². The van der Waals surface area contributed by atoms with Gasteiger partial charge in [0.1, 0.15) is 11.6 Å². The van der Waals surface area contributed by atoms with Crippen molar-refractivity contribution >= 4 is 17.6 Å². The van der Waals surface area contributed by atoms with Crippen LogP contribution in [0.25, 0.3) is 0 Å². The van der Waals surface area contributed by atoms with E-state index in [0.29, 0.717) is 37.9 Å². The largest absolute Gasteiger partial charge is 0.419 e. The topological polar surface area (TPSA) is 71.2 Å². The van der Waals surface area contributed by atoms with E-state index in [1.54, 1.807) is 17.2 Å². The van der Waals surface area contributed by atoms with Crippen LogP contribution in [-0.2, 0) is 6.18 Å². The Bertz CT molecular complexity index is 682. The lowest BCUT2D eigenvalue weighted by Crippen LogP contribution is -2.48. The van der Waals surface area contributed by atoms with Gasteiger partial charge in [-0.05, 0) is 18.2 Å². The Morgan fingerprint density at radius 2 is 1.65 bits per heavy atom. The molecule has 0 radical (unpaired) electrons. The zero-order valence-electron chi connectivity index (χ0n) is 12.2. The zero-order valence-corrected chi connectivity index (χ0v) is 12.2. The molecule has 0 saturated carbocycles. The molecule has 0 bridgehead atoms. The first-order valence-electron chi connectivity index (χ1n) is 7.06. The summed E-state index contributed by atoms with van der Waals surface area (Å²) < 4.78 is 39.2. The monoisotopic (exact) mass is 324 g/mol. The Kier molecular flexibility index (Phi) is 3.93. The van der Waals surface area contributed by atoms with Gasteiger partial charge in [0.15, 0.2) is 0 Å². The van der Waals surface area contributed by atoms with Gasteiger partial charge in [-0.25, -0.2) is 9.97 Å². The van der Waals surface area contributed by atoms with E-state index in [-0.39, 0.29) is 5.82 Å². The van der Waals surface area contributed by atoms with E-state index in [0.717, 1.165) is 6.07 Å². The van der Waals surface area contributed by atoms with Crippen molar-refractivity contribution < 1.29 is 13.2 Å². The molecule has 0 aromatic carbocycles. The predicted octanol–water partition coefficient (Wildman–Crippen LogP) is 1.80. The highest BCUT2D eigenvalue weighted by Crippen LogP contribution is 2.35. The molecule has 1 saturated heterocycles. The van der Waals surface area contributed by atoms with Crippen molar-refractivity contribution in [1.29, 1.82) is 0 Å². The van der Waals surface area contributed by atoms with Crippen molar-refractivity contribution in [2.45, 2.75) is 6.18 Å². The van der Waals surface area contributed by atoms with Gasteiger partial charge in [-0.2, -0.15) is 18.2 Å². The average Bonchev–Trinajstić information content (AvgIpc) is 2.54. The van der Waals surface area contributed by atoms with Crippen molar-refractivity contribution in [1.82, 2.24) is 15.0 Å². The number of aromatic nitrogens is 3. The number of halogens is 3. The summed E-state index contributed by atoms with van der Waals surface area (Å²) in [6.45, 7) is 1.80. The van der Waals surface area contributed by atoms with Crippen LogP contribution < -0.4 is 15.5 Å². The summed E-state index contributed by atoms with van der Waals surface area (Å²) in [6.07, 6.45) is -1.49. The van der Waals surface area contributed by atoms with Crippen LogP contribution >= 0.6 is 0 Å². The average molecular weight is 324 g/mol. The number of alkyl halides is 3. The number of piperazine rings is 1. The highest BCUT2D eigenvalue weighted by Gasteiger charge is 2.36. The second-order valence-corrected chi connectivity index (χ2v) is 5.13. The first kappa shape index (κ1) is 15.3. The Balaban J connectivity index is 1.75. The maximum absolute atomic E-state index is 13.1. The van der Waals surface area contributed by atoms with Gasteiger partial charge in [0.2, 0.25) is 5.95 Å². The van der Waals surface area contributed by atoms with Crippen LogP contribution in [0.5, 0.6) is 0 Å². The number of nitrogens with zero attached hydrogens (tertiary/aromatic N) is 5. The molecule has 23 heavy (non-hydrogen) atoms. The van der Waals surface area contributed by atoms with Crippen molar-refractivity contribution in [3.63, 3.8) is 0 Å². The number of nitrogen functional groups attached to an aromatic ring is 1. The van der Waals surface area contributed by atoms with E-state index in [2.05, 4.69) is 15.0 Å². The Labute approximate surface area is 130 Å². The first-order valence-corrected chi connectivity index (χ1v) is 7.06. The molecule has 2 aromatic rings. The second kappa shape index (κ2) is 5.90. The molecule has 3 rings (SSSR count). The van der Waals surface area contributed by atoms with E-state index in [1.165, 1.54) is 12.3 Å². The molecule has 2 N–H and O–H groups in total. The lowest BCUT2D eigenvalue weighted by Gasteiger charge is -2.36. The Hall–Kier alpha value is -2.58. The fourth-order valence-electron chi connectivity index (χ4n) is 2.50. The van der Waals surface area contributed by atoms with Crippen LogP contribution in [0.15, 0.2) is 30.6 Å². The summed E-state index contributed by atoms with van der Waals surface area (Å²) in [5.41, 5.74) is 4.91. The minimum absolute atomic E-state index is 0.0341. The SMILES string of the molecule is Nc1ccnc(N2CCN(c3ncccc3C(F)(F)F)CC2)n1. The number of hydrogen-bond donors (Lipinski definition) is 1. The Morgan fingerprint density at radius 3 is 2.30 bits per heavy atom. The van der Waals surface area contributed by atoms with Crippen LogP contribution in [0.1, 0.15) is 5.56 Å². The molecule has 9 heteroatoms. The fraction of sp³-hybridized carbons (Fsp3) is 0.357. The molecule has 1 fully saturated rings. The van der Waals surface area contributed by atoms with Crippen molar-refractivity contribution in [2.24, 2.45) is 0 Å². The molecule has 0 spiro atoms. The van der Waals surface area contributed by atoms with Crippen LogP contribution in [0, 0.1) is 0 Å². The van der Waals surface area contributed by atoms with E-state index in [9.17, 15) is 13.2 Å². The third-order valence-corrected chi connectivity index (χ3v) is 3.62. The number of hydrogen-bond acceptors (Lipinski definition) is 6. The fourth-order valence-corrected chi connectivity index (χ4v) is 2.50. The predicted molar refractivity (Wildman–Crippen MR) is 80.1 cm³/mol. The van der Waals surface area contributed by atoms with Crippen molar-refractivity contribution in [3.05, 3.63) is 36.2 Å². The second-order valence-electron chi connectivity index (χ2n) is 5.13. The molecule has 3 heterocycles. The summed E-state index contributed by atoms with van der Waals surface area (Å²) in [4.78, 5) is 15.7. The lowest BCUT2D eigenvalue weighted by molar-refractivity contribution is -0.137. The van der Waals surface area contributed by atoms with Crippen LogP contribution in [-0.4, -0.2) is 41.1 Å². The number of rotatable bonds is 2. The smallest absolute Gasteiger partial charge is 0.384 e. The zero-order chi connectivity index (χ0) is 16.4. The van der Waals surface area contributed by atoms with Gasteiger partial charge in [0.25, 0.3) is 0 Å². The summed E-state index contributed by atoms with van der Waals surface area (Å²) in [6, 6.07) is 3.93. The summed E-state index contributed by atoms with van der Waals surface area (Å²) in [7, 11) is 0.